The van der Waals surface area contributed by atoms with Gasteiger partial charge in [-0.2, -0.15) is 5.26 Å². The van der Waals surface area contributed by atoms with Crippen molar-refractivity contribution in [3.05, 3.63) is 0 Å². The SMILES string of the molecule is N#CC1CCCCC(=O)O1. The summed E-state index contributed by atoms with van der Waals surface area (Å²) >= 11 is 0. The molecule has 0 aromatic rings. The van der Waals surface area contributed by atoms with E-state index < -0.39 is 6.10 Å². The Kier molecular flexibility index (Phi) is 2.27. The molecule has 54 valence electrons. The van der Waals surface area contributed by atoms with Crippen molar-refractivity contribution in [3.8, 4) is 6.07 Å². The minimum atomic E-state index is -0.491. The number of carbonyl (C=O) groups is 1. The molecule has 1 heterocycles. The van der Waals surface area contributed by atoms with Gasteiger partial charge in [0.05, 0.1) is 0 Å². The summed E-state index contributed by atoms with van der Waals surface area (Å²) in [6.45, 7) is 0. The van der Waals surface area contributed by atoms with Gasteiger partial charge in [-0.3, -0.25) is 4.79 Å². The van der Waals surface area contributed by atoms with Gasteiger partial charge in [0.1, 0.15) is 6.07 Å². The summed E-state index contributed by atoms with van der Waals surface area (Å²) in [5.41, 5.74) is 0. The summed E-state index contributed by atoms with van der Waals surface area (Å²) in [6, 6.07) is 1.93. The summed E-state index contributed by atoms with van der Waals surface area (Å²) in [6.07, 6.45) is 2.46. The van der Waals surface area contributed by atoms with E-state index in [0.717, 1.165) is 12.8 Å². The van der Waals surface area contributed by atoms with Crippen molar-refractivity contribution in [1.29, 1.82) is 5.26 Å². The van der Waals surface area contributed by atoms with Gasteiger partial charge in [0, 0.05) is 6.42 Å². The van der Waals surface area contributed by atoms with Crippen molar-refractivity contribution in [2.45, 2.75) is 31.8 Å². The van der Waals surface area contributed by atoms with Crippen LogP contribution in [0, 0.1) is 11.3 Å². The van der Waals surface area contributed by atoms with E-state index in [1.807, 2.05) is 6.07 Å². The Morgan fingerprint density at radius 1 is 1.60 bits per heavy atom. The van der Waals surface area contributed by atoms with Crippen LogP contribution in [0.1, 0.15) is 25.7 Å². The Morgan fingerprint density at radius 3 is 3.10 bits per heavy atom. The fourth-order valence-corrected chi connectivity index (χ4v) is 0.966. The van der Waals surface area contributed by atoms with Crippen LogP contribution in [0.4, 0.5) is 0 Å². The molecular weight excluding hydrogens is 130 g/mol. The van der Waals surface area contributed by atoms with Crippen LogP contribution in [0.2, 0.25) is 0 Å². The lowest BCUT2D eigenvalue weighted by atomic mass is 10.2. The number of nitrogens with zero attached hydrogens (tertiary/aromatic N) is 1. The molecule has 0 saturated carbocycles. The Morgan fingerprint density at radius 2 is 2.40 bits per heavy atom. The summed E-state index contributed by atoms with van der Waals surface area (Å²) in [4.78, 5) is 10.7. The highest BCUT2D eigenvalue weighted by atomic mass is 16.5. The molecule has 0 N–H and O–H groups in total. The number of cyclic esters (lactones) is 1. The third kappa shape index (κ3) is 1.73. The van der Waals surface area contributed by atoms with E-state index in [1.54, 1.807) is 0 Å². The number of nitriles is 1. The van der Waals surface area contributed by atoms with Gasteiger partial charge >= 0.3 is 5.97 Å². The van der Waals surface area contributed by atoms with Gasteiger partial charge in [0.15, 0.2) is 6.10 Å². The van der Waals surface area contributed by atoms with Crippen molar-refractivity contribution in [1.82, 2.24) is 0 Å². The van der Waals surface area contributed by atoms with Crippen LogP contribution >= 0.6 is 0 Å². The van der Waals surface area contributed by atoms with Crippen LogP contribution in [0.5, 0.6) is 0 Å². The molecule has 0 aromatic heterocycles. The van der Waals surface area contributed by atoms with Crippen LogP contribution in [0.25, 0.3) is 0 Å². The number of carbonyl (C=O) groups excluding carboxylic acids is 1. The smallest absolute Gasteiger partial charge is 0.307 e. The average molecular weight is 139 g/mol. The summed E-state index contributed by atoms with van der Waals surface area (Å²) < 4.78 is 4.76. The maximum atomic E-state index is 10.7. The van der Waals surface area contributed by atoms with Crippen molar-refractivity contribution >= 4 is 5.97 Å². The van der Waals surface area contributed by atoms with Crippen molar-refractivity contribution in [2.75, 3.05) is 0 Å². The van der Waals surface area contributed by atoms with Crippen LogP contribution < -0.4 is 0 Å². The third-order valence-electron chi connectivity index (χ3n) is 1.51. The second kappa shape index (κ2) is 3.21. The molecule has 1 rings (SSSR count). The molecule has 1 atom stereocenters. The van der Waals surface area contributed by atoms with Crippen LogP contribution in [-0.2, 0) is 9.53 Å². The van der Waals surface area contributed by atoms with E-state index in [-0.39, 0.29) is 5.97 Å². The minimum Gasteiger partial charge on any atom is -0.447 e. The molecule has 0 aliphatic carbocycles. The van der Waals surface area contributed by atoms with Gasteiger partial charge in [0.25, 0.3) is 0 Å². The normalized spacial score (nSPS) is 26.3. The van der Waals surface area contributed by atoms with Gasteiger partial charge in [-0.15, -0.1) is 0 Å². The van der Waals surface area contributed by atoms with Crippen molar-refractivity contribution in [2.24, 2.45) is 0 Å². The second-order valence-corrected chi connectivity index (χ2v) is 2.35. The van der Waals surface area contributed by atoms with Gasteiger partial charge in [-0.1, -0.05) is 0 Å². The lowest BCUT2D eigenvalue weighted by Crippen LogP contribution is -2.12. The Balaban J connectivity index is 2.47. The highest BCUT2D eigenvalue weighted by molar-refractivity contribution is 5.69. The van der Waals surface area contributed by atoms with Crippen molar-refractivity contribution < 1.29 is 9.53 Å². The molecule has 10 heavy (non-hydrogen) atoms. The highest BCUT2D eigenvalue weighted by Gasteiger charge is 2.16. The van der Waals surface area contributed by atoms with Crippen LogP contribution in [0.15, 0.2) is 0 Å². The van der Waals surface area contributed by atoms with E-state index in [1.165, 1.54) is 0 Å². The second-order valence-electron chi connectivity index (χ2n) is 2.35. The molecule has 0 aromatic carbocycles. The first kappa shape index (κ1) is 7.07. The third-order valence-corrected chi connectivity index (χ3v) is 1.51. The minimum absolute atomic E-state index is 0.232. The quantitative estimate of drug-likeness (QED) is 0.470. The number of esters is 1. The Hall–Kier alpha value is -1.04. The van der Waals surface area contributed by atoms with E-state index in [9.17, 15) is 4.79 Å². The Labute approximate surface area is 59.6 Å². The fraction of sp³-hybridized carbons (Fsp3) is 0.714. The average Bonchev–Trinajstić information content (AvgIpc) is 2.13. The molecule has 0 radical (unpaired) electrons. The molecule has 1 aliphatic heterocycles. The molecule has 1 aliphatic rings. The topological polar surface area (TPSA) is 50.1 Å². The van der Waals surface area contributed by atoms with Gasteiger partial charge in [-0.25, -0.2) is 0 Å². The maximum Gasteiger partial charge on any atom is 0.307 e. The number of hydrogen-bond acceptors (Lipinski definition) is 3. The molecule has 0 spiro atoms. The summed E-state index contributed by atoms with van der Waals surface area (Å²) in [7, 11) is 0. The fourth-order valence-electron chi connectivity index (χ4n) is 0.966. The van der Waals surface area contributed by atoms with E-state index >= 15 is 0 Å². The van der Waals surface area contributed by atoms with Crippen molar-refractivity contribution in [3.63, 3.8) is 0 Å². The Bertz CT molecular complexity index is 171. The van der Waals surface area contributed by atoms with E-state index in [0.29, 0.717) is 12.8 Å². The summed E-state index contributed by atoms with van der Waals surface area (Å²) in [5.74, 6) is -0.232. The highest BCUT2D eigenvalue weighted by Crippen LogP contribution is 2.12. The standard InChI is InChI=1S/C7H9NO2/c8-5-6-3-1-2-4-7(9)10-6/h6H,1-4H2. The number of ether oxygens (including phenoxy) is 1. The lowest BCUT2D eigenvalue weighted by molar-refractivity contribution is -0.145. The molecule has 0 amide bonds. The number of rotatable bonds is 0. The van der Waals surface area contributed by atoms with Gasteiger partial charge in [0.2, 0.25) is 0 Å². The van der Waals surface area contributed by atoms with Crippen LogP contribution in [-0.4, -0.2) is 12.1 Å². The molecule has 3 heteroatoms. The first-order chi connectivity index (χ1) is 4.83. The lowest BCUT2D eigenvalue weighted by Gasteiger charge is -2.03. The molecule has 1 fully saturated rings. The zero-order valence-corrected chi connectivity index (χ0v) is 5.67. The van der Waals surface area contributed by atoms with Gasteiger partial charge < -0.3 is 4.74 Å². The molecule has 1 unspecified atom stereocenters. The zero-order valence-electron chi connectivity index (χ0n) is 5.67. The van der Waals surface area contributed by atoms with Crippen LogP contribution in [0.3, 0.4) is 0 Å². The molecule has 3 nitrogen and oxygen atoms in total. The number of hydrogen-bond donors (Lipinski definition) is 0. The van der Waals surface area contributed by atoms with Gasteiger partial charge in [-0.05, 0) is 19.3 Å². The molecule has 0 bridgehead atoms. The first-order valence-corrected chi connectivity index (χ1v) is 3.42. The van der Waals surface area contributed by atoms with E-state index in [2.05, 4.69) is 0 Å². The molecule has 1 saturated heterocycles. The first-order valence-electron chi connectivity index (χ1n) is 3.42. The predicted molar refractivity (Wildman–Crippen MR) is 34.0 cm³/mol. The predicted octanol–water partition coefficient (Wildman–Crippen LogP) is 0.996. The summed E-state index contributed by atoms with van der Waals surface area (Å²) in [5, 5.41) is 8.41. The maximum absolute atomic E-state index is 10.7. The van der Waals surface area contributed by atoms with E-state index in [4.69, 9.17) is 10.00 Å². The monoisotopic (exact) mass is 139 g/mol. The molecular formula is C7H9NO2. The zero-order chi connectivity index (χ0) is 7.40. The largest absolute Gasteiger partial charge is 0.447 e.